The number of imidazole rings is 1. The number of aryl methyl sites for hydroxylation is 1. The molecule has 1 aromatic carbocycles. The van der Waals surface area contributed by atoms with Crippen molar-refractivity contribution >= 4 is 17.0 Å². The van der Waals surface area contributed by atoms with E-state index in [4.69, 9.17) is 0 Å². The molecular formula is C15H21N3. The van der Waals surface area contributed by atoms with Crippen molar-refractivity contribution in [3.63, 3.8) is 0 Å². The number of benzene rings is 1. The lowest BCUT2D eigenvalue weighted by atomic mass is 10.1. The van der Waals surface area contributed by atoms with Gasteiger partial charge in [-0.3, -0.25) is 0 Å². The smallest absolute Gasteiger partial charge is 0.203 e. The zero-order valence-electron chi connectivity index (χ0n) is 11.0. The summed E-state index contributed by atoms with van der Waals surface area (Å²) in [5.41, 5.74) is 2.28. The molecule has 0 bridgehead atoms. The first kappa shape index (κ1) is 11.6. The SMILES string of the molecule is Cn1c(NC2CCCCCC2)nc2ccccc21. The van der Waals surface area contributed by atoms with Crippen LogP contribution in [0.5, 0.6) is 0 Å². The molecule has 96 valence electrons. The van der Waals surface area contributed by atoms with Gasteiger partial charge >= 0.3 is 0 Å². The molecule has 3 rings (SSSR count). The molecule has 3 heteroatoms. The molecule has 1 N–H and O–H groups in total. The summed E-state index contributed by atoms with van der Waals surface area (Å²) in [7, 11) is 2.09. The van der Waals surface area contributed by atoms with Gasteiger partial charge in [0.15, 0.2) is 0 Å². The van der Waals surface area contributed by atoms with Crippen molar-refractivity contribution in [3.05, 3.63) is 24.3 Å². The number of rotatable bonds is 2. The number of para-hydroxylation sites is 2. The summed E-state index contributed by atoms with van der Waals surface area (Å²) in [6, 6.07) is 8.92. The van der Waals surface area contributed by atoms with Crippen molar-refractivity contribution in [2.75, 3.05) is 5.32 Å². The lowest BCUT2D eigenvalue weighted by Crippen LogP contribution is -2.20. The highest BCUT2D eigenvalue weighted by atomic mass is 15.2. The number of fused-ring (bicyclic) bond motifs is 1. The van der Waals surface area contributed by atoms with Gasteiger partial charge in [0.05, 0.1) is 11.0 Å². The largest absolute Gasteiger partial charge is 0.353 e. The van der Waals surface area contributed by atoms with Crippen LogP contribution in [0, 0.1) is 0 Å². The summed E-state index contributed by atoms with van der Waals surface area (Å²) < 4.78 is 2.17. The minimum absolute atomic E-state index is 0.600. The molecule has 0 saturated heterocycles. The molecule has 1 aromatic heterocycles. The molecule has 0 unspecified atom stereocenters. The molecule has 1 aliphatic rings. The van der Waals surface area contributed by atoms with Gasteiger partial charge in [-0.05, 0) is 25.0 Å². The molecule has 0 aliphatic heterocycles. The van der Waals surface area contributed by atoms with Gasteiger partial charge in [0, 0.05) is 13.1 Å². The molecular weight excluding hydrogens is 222 g/mol. The van der Waals surface area contributed by atoms with Crippen molar-refractivity contribution in [1.29, 1.82) is 0 Å². The van der Waals surface area contributed by atoms with Crippen LogP contribution in [-0.2, 0) is 7.05 Å². The van der Waals surface area contributed by atoms with Crippen LogP contribution in [0.2, 0.25) is 0 Å². The Bertz CT molecular complexity index is 522. The molecule has 2 aromatic rings. The summed E-state index contributed by atoms with van der Waals surface area (Å²) in [6.45, 7) is 0. The molecule has 1 aliphatic carbocycles. The third kappa shape index (κ3) is 2.22. The van der Waals surface area contributed by atoms with Crippen LogP contribution in [0.1, 0.15) is 38.5 Å². The van der Waals surface area contributed by atoms with Gasteiger partial charge in [-0.25, -0.2) is 4.98 Å². The molecule has 0 radical (unpaired) electrons. The average Bonchev–Trinajstić information content (AvgIpc) is 2.58. The number of nitrogens with zero attached hydrogens (tertiary/aromatic N) is 2. The molecule has 1 fully saturated rings. The van der Waals surface area contributed by atoms with E-state index in [1.165, 1.54) is 44.0 Å². The Kier molecular flexibility index (Phi) is 3.22. The van der Waals surface area contributed by atoms with Gasteiger partial charge < -0.3 is 9.88 Å². The van der Waals surface area contributed by atoms with Crippen LogP contribution in [0.3, 0.4) is 0 Å². The molecule has 1 heterocycles. The Morgan fingerprint density at radius 3 is 2.56 bits per heavy atom. The van der Waals surface area contributed by atoms with Gasteiger partial charge in [-0.15, -0.1) is 0 Å². The van der Waals surface area contributed by atoms with Crippen molar-refractivity contribution in [2.45, 2.75) is 44.6 Å². The highest BCUT2D eigenvalue weighted by Crippen LogP contribution is 2.23. The number of nitrogens with one attached hydrogen (secondary N) is 1. The lowest BCUT2D eigenvalue weighted by Gasteiger charge is -2.16. The minimum Gasteiger partial charge on any atom is -0.353 e. The van der Waals surface area contributed by atoms with Gasteiger partial charge in [0.2, 0.25) is 5.95 Å². The zero-order valence-corrected chi connectivity index (χ0v) is 11.0. The third-order valence-corrected chi connectivity index (χ3v) is 3.98. The fraction of sp³-hybridized carbons (Fsp3) is 0.533. The number of anilines is 1. The van der Waals surface area contributed by atoms with Gasteiger partial charge in [-0.1, -0.05) is 37.8 Å². The van der Waals surface area contributed by atoms with Gasteiger partial charge in [0.1, 0.15) is 0 Å². The molecule has 1 saturated carbocycles. The maximum atomic E-state index is 4.69. The summed E-state index contributed by atoms with van der Waals surface area (Å²) in [6.07, 6.45) is 8.04. The second-order valence-corrected chi connectivity index (χ2v) is 5.32. The maximum absolute atomic E-state index is 4.69. The highest BCUT2D eigenvalue weighted by molar-refractivity contribution is 5.78. The Morgan fingerprint density at radius 1 is 1.11 bits per heavy atom. The van der Waals surface area contributed by atoms with Crippen molar-refractivity contribution < 1.29 is 0 Å². The summed E-state index contributed by atoms with van der Waals surface area (Å²) in [5.74, 6) is 1.02. The lowest BCUT2D eigenvalue weighted by molar-refractivity contribution is 0.612. The fourth-order valence-corrected chi connectivity index (χ4v) is 2.88. The Morgan fingerprint density at radius 2 is 1.83 bits per heavy atom. The van der Waals surface area contributed by atoms with Gasteiger partial charge in [-0.2, -0.15) is 0 Å². The van der Waals surface area contributed by atoms with E-state index in [1.807, 2.05) is 6.07 Å². The van der Waals surface area contributed by atoms with Crippen LogP contribution >= 0.6 is 0 Å². The number of aromatic nitrogens is 2. The second-order valence-electron chi connectivity index (χ2n) is 5.32. The summed E-state index contributed by atoms with van der Waals surface area (Å²) >= 11 is 0. The predicted octanol–water partition coefficient (Wildman–Crippen LogP) is 3.71. The molecule has 18 heavy (non-hydrogen) atoms. The van der Waals surface area contributed by atoms with Gasteiger partial charge in [0.25, 0.3) is 0 Å². The first-order valence-electron chi connectivity index (χ1n) is 7.02. The van der Waals surface area contributed by atoms with E-state index in [-0.39, 0.29) is 0 Å². The minimum atomic E-state index is 0.600. The molecule has 0 atom stereocenters. The van der Waals surface area contributed by atoms with E-state index >= 15 is 0 Å². The molecule has 0 amide bonds. The van der Waals surface area contributed by atoms with Crippen molar-refractivity contribution in [2.24, 2.45) is 7.05 Å². The number of hydrogen-bond donors (Lipinski definition) is 1. The molecule has 3 nitrogen and oxygen atoms in total. The standard InChI is InChI=1S/C15H21N3/c1-18-14-11-7-6-10-13(14)17-15(18)16-12-8-4-2-3-5-9-12/h6-7,10-12H,2-5,8-9H2,1H3,(H,16,17). The van der Waals surface area contributed by atoms with E-state index < -0.39 is 0 Å². The molecule has 0 spiro atoms. The van der Waals surface area contributed by atoms with Crippen LogP contribution in [0.4, 0.5) is 5.95 Å². The van der Waals surface area contributed by atoms with Crippen LogP contribution in [0.15, 0.2) is 24.3 Å². The Balaban J connectivity index is 1.83. The third-order valence-electron chi connectivity index (χ3n) is 3.98. The summed E-state index contributed by atoms with van der Waals surface area (Å²) in [4.78, 5) is 4.69. The first-order valence-corrected chi connectivity index (χ1v) is 7.02. The summed E-state index contributed by atoms with van der Waals surface area (Å²) in [5, 5.41) is 3.63. The topological polar surface area (TPSA) is 29.9 Å². The second kappa shape index (κ2) is 5.01. The first-order chi connectivity index (χ1) is 8.84. The van der Waals surface area contributed by atoms with E-state index in [9.17, 15) is 0 Å². The zero-order chi connectivity index (χ0) is 12.4. The average molecular weight is 243 g/mol. The van der Waals surface area contributed by atoms with E-state index in [0.717, 1.165) is 11.5 Å². The normalized spacial score (nSPS) is 17.8. The monoisotopic (exact) mass is 243 g/mol. The maximum Gasteiger partial charge on any atom is 0.203 e. The van der Waals surface area contributed by atoms with Crippen molar-refractivity contribution in [1.82, 2.24) is 9.55 Å². The predicted molar refractivity (Wildman–Crippen MR) is 75.8 cm³/mol. The van der Waals surface area contributed by atoms with E-state index in [0.29, 0.717) is 6.04 Å². The van der Waals surface area contributed by atoms with Crippen LogP contribution in [-0.4, -0.2) is 15.6 Å². The van der Waals surface area contributed by atoms with Crippen LogP contribution in [0.25, 0.3) is 11.0 Å². The van der Waals surface area contributed by atoms with E-state index in [1.54, 1.807) is 0 Å². The van der Waals surface area contributed by atoms with Crippen molar-refractivity contribution in [3.8, 4) is 0 Å². The fourth-order valence-electron chi connectivity index (χ4n) is 2.88. The Labute approximate surface area is 108 Å². The highest BCUT2D eigenvalue weighted by Gasteiger charge is 2.15. The number of hydrogen-bond acceptors (Lipinski definition) is 2. The Hall–Kier alpha value is -1.51. The quantitative estimate of drug-likeness (QED) is 0.815. The van der Waals surface area contributed by atoms with E-state index in [2.05, 4.69) is 40.1 Å². The van der Waals surface area contributed by atoms with Crippen LogP contribution < -0.4 is 5.32 Å².